The van der Waals surface area contributed by atoms with Gasteiger partial charge in [0.05, 0.1) is 0 Å². The first-order chi connectivity index (χ1) is 9.67. The third kappa shape index (κ3) is 6.06. The van der Waals surface area contributed by atoms with Crippen LogP contribution < -0.4 is 5.32 Å². The third-order valence-corrected chi connectivity index (χ3v) is 3.07. The van der Waals surface area contributed by atoms with Crippen molar-refractivity contribution in [1.82, 2.24) is 10.2 Å². The highest BCUT2D eigenvalue weighted by Crippen LogP contribution is 2.07. The SMILES string of the molecule is CCOCCCNC(=O)N(CC)Cc1cccc(C)c1. The Morgan fingerprint density at radius 1 is 1.35 bits per heavy atom. The number of carbonyl (C=O) groups excluding carboxylic acids is 1. The van der Waals surface area contributed by atoms with Crippen molar-refractivity contribution in [2.45, 2.75) is 33.7 Å². The molecule has 0 unspecified atom stereocenters. The Morgan fingerprint density at radius 3 is 2.80 bits per heavy atom. The van der Waals surface area contributed by atoms with Gasteiger partial charge in [-0.2, -0.15) is 0 Å². The summed E-state index contributed by atoms with van der Waals surface area (Å²) in [7, 11) is 0. The lowest BCUT2D eigenvalue weighted by atomic mass is 10.1. The lowest BCUT2D eigenvalue weighted by Crippen LogP contribution is -2.40. The van der Waals surface area contributed by atoms with E-state index in [4.69, 9.17) is 4.74 Å². The van der Waals surface area contributed by atoms with E-state index >= 15 is 0 Å². The van der Waals surface area contributed by atoms with Gasteiger partial charge in [-0.25, -0.2) is 4.79 Å². The number of amides is 2. The summed E-state index contributed by atoms with van der Waals surface area (Å²) >= 11 is 0. The Balaban J connectivity index is 2.39. The minimum absolute atomic E-state index is 0.00879. The van der Waals surface area contributed by atoms with Gasteiger partial charge in [0.1, 0.15) is 0 Å². The molecule has 112 valence electrons. The highest BCUT2D eigenvalue weighted by molar-refractivity contribution is 5.74. The van der Waals surface area contributed by atoms with Gasteiger partial charge in [0.25, 0.3) is 0 Å². The molecule has 0 saturated heterocycles. The second-order valence-electron chi connectivity index (χ2n) is 4.79. The van der Waals surface area contributed by atoms with E-state index in [1.165, 1.54) is 5.56 Å². The van der Waals surface area contributed by atoms with E-state index in [1.807, 2.05) is 24.8 Å². The van der Waals surface area contributed by atoms with Crippen LogP contribution in [0.15, 0.2) is 24.3 Å². The number of urea groups is 1. The maximum atomic E-state index is 12.1. The van der Waals surface area contributed by atoms with Crippen LogP contribution >= 0.6 is 0 Å². The maximum absolute atomic E-state index is 12.1. The van der Waals surface area contributed by atoms with Gasteiger partial charge < -0.3 is 15.0 Å². The summed E-state index contributed by atoms with van der Waals surface area (Å²) in [6.45, 7) is 9.45. The standard InChI is InChI=1S/C16H26N2O2/c1-4-18(13-15-9-6-8-14(3)12-15)16(19)17-10-7-11-20-5-2/h6,8-9,12H,4-5,7,10-11,13H2,1-3H3,(H,17,19). The van der Waals surface area contributed by atoms with Crippen molar-refractivity contribution in [1.29, 1.82) is 0 Å². The van der Waals surface area contributed by atoms with Crippen LogP contribution in [0, 0.1) is 6.92 Å². The molecule has 0 aliphatic rings. The third-order valence-electron chi connectivity index (χ3n) is 3.07. The first kappa shape index (κ1) is 16.5. The van der Waals surface area contributed by atoms with Gasteiger partial charge in [0, 0.05) is 32.8 Å². The van der Waals surface area contributed by atoms with Crippen LogP contribution in [-0.4, -0.2) is 37.2 Å². The van der Waals surface area contributed by atoms with Crippen LogP contribution in [0.25, 0.3) is 0 Å². The van der Waals surface area contributed by atoms with Crippen LogP contribution in [0.2, 0.25) is 0 Å². The fourth-order valence-electron chi connectivity index (χ4n) is 1.98. The molecule has 0 bridgehead atoms. The molecule has 1 aromatic carbocycles. The average molecular weight is 278 g/mol. The normalized spacial score (nSPS) is 10.3. The molecule has 0 fully saturated rings. The number of carbonyl (C=O) groups is 1. The summed E-state index contributed by atoms with van der Waals surface area (Å²) in [6, 6.07) is 8.25. The van der Waals surface area contributed by atoms with E-state index in [1.54, 1.807) is 0 Å². The zero-order chi connectivity index (χ0) is 14.8. The average Bonchev–Trinajstić information content (AvgIpc) is 2.44. The largest absolute Gasteiger partial charge is 0.382 e. The monoisotopic (exact) mass is 278 g/mol. The minimum atomic E-state index is -0.00879. The Bertz CT molecular complexity index is 407. The molecular weight excluding hydrogens is 252 g/mol. The molecular formula is C16H26N2O2. The second-order valence-corrected chi connectivity index (χ2v) is 4.79. The minimum Gasteiger partial charge on any atom is -0.382 e. The quantitative estimate of drug-likeness (QED) is 0.743. The van der Waals surface area contributed by atoms with Crippen molar-refractivity contribution in [3.05, 3.63) is 35.4 Å². The Morgan fingerprint density at radius 2 is 2.15 bits per heavy atom. The molecule has 4 nitrogen and oxygen atoms in total. The molecule has 0 spiro atoms. The van der Waals surface area contributed by atoms with Crippen molar-refractivity contribution in [2.24, 2.45) is 0 Å². The summed E-state index contributed by atoms with van der Waals surface area (Å²) in [4.78, 5) is 13.9. The molecule has 0 saturated carbocycles. The van der Waals surface area contributed by atoms with Gasteiger partial charge in [-0.15, -0.1) is 0 Å². The topological polar surface area (TPSA) is 41.6 Å². The van der Waals surface area contributed by atoms with E-state index in [9.17, 15) is 4.79 Å². The molecule has 0 heterocycles. The molecule has 0 atom stereocenters. The number of nitrogens with zero attached hydrogens (tertiary/aromatic N) is 1. The zero-order valence-corrected chi connectivity index (χ0v) is 12.8. The molecule has 0 aliphatic carbocycles. The van der Waals surface area contributed by atoms with E-state index in [0.29, 0.717) is 26.2 Å². The van der Waals surface area contributed by atoms with Crippen LogP contribution in [0.1, 0.15) is 31.4 Å². The lowest BCUT2D eigenvalue weighted by molar-refractivity contribution is 0.144. The highest BCUT2D eigenvalue weighted by Gasteiger charge is 2.11. The number of ether oxygens (including phenoxy) is 1. The van der Waals surface area contributed by atoms with Crippen molar-refractivity contribution in [3.8, 4) is 0 Å². The van der Waals surface area contributed by atoms with E-state index in [0.717, 1.165) is 18.6 Å². The Hall–Kier alpha value is -1.55. The van der Waals surface area contributed by atoms with Gasteiger partial charge in [-0.1, -0.05) is 29.8 Å². The highest BCUT2D eigenvalue weighted by atomic mass is 16.5. The van der Waals surface area contributed by atoms with Crippen LogP contribution in [0.5, 0.6) is 0 Å². The molecule has 0 aromatic heterocycles. The molecule has 1 N–H and O–H groups in total. The number of hydrogen-bond donors (Lipinski definition) is 1. The van der Waals surface area contributed by atoms with Crippen molar-refractivity contribution in [2.75, 3.05) is 26.3 Å². The Labute approximate surface area is 122 Å². The molecule has 0 aliphatic heterocycles. The second kappa shape index (κ2) is 9.37. The Kier molecular flexibility index (Phi) is 7.73. The molecule has 1 rings (SSSR count). The van der Waals surface area contributed by atoms with Gasteiger partial charge in [-0.3, -0.25) is 0 Å². The predicted molar refractivity (Wildman–Crippen MR) is 81.8 cm³/mol. The summed E-state index contributed by atoms with van der Waals surface area (Å²) in [5, 5.41) is 2.93. The molecule has 1 aromatic rings. The van der Waals surface area contributed by atoms with Crippen LogP contribution in [0.4, 0.5) is 4.79 Å². The first-order valence-corrected chi connectivity index (χ1v) is 7.33. The van der Waals surface area contributed by atoms with Crippen molar-refractivity contribution < 1.29 is 9.53 Å². The number of nitrogens with one attached hydrogen (secondary N) is 1. The first-order valence-electron chi connectivity index (χ1n) is 7.33. The predicted octanol–water partition coefficient (Wildman–Crippen LogP) is 2.95. The van der Waals surface area contributed by atoms with Gasteiger partial charge in [0.2, 0.25) is 0 Å². The lowest BCUT2D eigenvalue weighted by Gasteiger charge is -2.21. The van der Waals surface area contributed by atoms with Gasteiger partial charge >= 0.3 is 6.03 Å². The number of aryl methyl sites for hydroxylation is 1. The van der Waals surface area contributed by atoms with E-state index < -0.39 is 0 Å². The molecule has 0 radical (unpaired) electrons. The number of hydrogen-bond acceptors (Lipinski definition) is 2. The molecule has 2 amide bonds. The summed E-state index contributed by atoms with van der Waals surface area (Å²) in [5.41, 5.74) is 2.38. The summed E-state index contributed by atoms with van der Waals surface area (Å²) in [6.07, 6.45) is 0.849. The van der Waals surface area contributed by atoms with Gasteiger partial charge in [0.15, 0.2) is 0 Å². The van der Waals surface area contributed by atoms with E-state index in [-0.39, 0.29) is 6.03 Å². The summed E-state index contributed by atoms with van der Waals surface area (Å²) < 4.78 is 5.25. The molecule has 4 heteroatoms. The van der Waals surface area contributed by atoms with Gasteiger partial charge in [-0.05, 0) is 32.8 Å². The number of benzene rings is 1. The molecule has 20 heavy (non-hydrogen) atoms. The maximum Gasteiger partial charge on any atom is 0.317 e. The van der Waals surface area contributed by atoms with Crippen LogP contribution in [-0.2, 0) is 11.3 Å². The fraction of sp³-hybridized carbons (Fsp3) is 0.562. The zero-order valence-electron chi connectivity index (χ0n) is 12.8. The van der Waals surface area contributed by atoms with Crippen molar-refractivity contribution in [3.63, 3.8) is 0 Å². The smallest absolute Gasteiger partial charge is 0.317 e. The fourth-order valence-corrected chi connectivity index (χ4v) is 1.98. The number of rotatable bonds is 8. The van der Waals surface area contributed by atoms with E-state index in [2.05, 4.69) is 30.4 Å². The summed E-state index contributed by atoms with van der Waals surface area (Å²) in [5.74, 6) is 0. The van der Waals surface area contributed by atoms with Crippen LogP contribution in [0.3, 0.4) is 0 Å². The van der Waals surface area contributed by atoms with Crippen molar-refractivity contribution >= 4 is 6.03 Å².